The van der Waals surface area contributed by atoms with Crippen molar-refractivity contribution in [3.8, 4) is 0 Å². The van der Waals surface area contributed by atoms with Crippen molar-refractivity contribution in [2.75, 3.05) is 6.61 Å². The van der Waals surface area contributed by atoms with Crippen LogP contribution in [-0.2, 0) is 9.09 Å². The van der Waals surface area contributed by atoms with Crippen LogP contribution < -0.4 is 0 Å². The summed E-state index contributed by atoms with van der Waals surface area (Å²) in [5.74, 6) is 1.04. The molecule has 1 unspecified atom stereocenters. The maximum absolute atomic E-state index is 10.4. The summed E-state index contributed by atoms with van der Waals surface area (Å²) >= 11 is 5.30. The lowest BCUT2D eigenvalue weighted by molar-refractivity contribution is 0.306. The van der Waals surface area contributed by atoms with Gasteiger partial charge in [0.2, 0.25) is 0 Å². The number of halogens is 1. The predicted molar refractivity (Wildman–Crippen MR) is 29.7 cm³/mol. The summed E-state index contributed by atoms with van der Waals surface area (Å²) in [6, 6.07) is 0. The van der Waals surface area contributed by atoms with Crippen LogP contribution in [0.5, 0.6) is 0 Å². The summed E-state index contributed by atoms with van der Waals surface area (Å²) in [5, 5.41) is 0.302. The average molecular weight is 154 g/mol. The van der Waals surface area contributed by atoms with Gasteiger partial charge in [0.1, 0.15) is 0 Å². The van der Waals surface area contributed by atoms with Gasteiger partial charge in [-0.25, -0.2) is 0 Å². The van der Waals surface area contributed by atoms with E-state index < -0.39 is 7.60 Å². The second kappa shape index (κ2) is 1.85. The molecule has 1 N–H and O–H groups in total. The zero-order chi connectivity index (χ0) is 6.20. The third-order valence-electron chi connectivity index (χ3n) is 0.691. The maximum Gasteiger partial charge on any atom is 0.353 e. The van der Waals surface area contributed by atoms with Crippen LogP contribution in [0.15, 0.2) is 10.8 Å². The first kappa shape index (κ1) is 6.30. The maximum atomic E-state index is 10.4. The fourth-order valence-electron chi connectivity index (χ4n) is 0.406. The molecular formula is C3H4ClO3P. The molecule has 46 valence electrons. The first-order valence-electron chi connectivity index (χ1n) is 1.94. The molecule has 1 aliphatic heterocycles. The molecule has 0 aromatic carbocycles. The Labute approximate surface area is 51.4 Å². The van der Waals surface area contributed by atoms with Gasteiger partial charge in [-0.15, -0.1) is 0 Å². The van der Waals surface area contributed by atoms with Gasteiger partial charge in [0.25, 0.3) is 0 Å². The van der Waals surface area contributed by atoms with Crippen molar-refractivity contribution < 1.29 is 14.0 Å². The van der Waals surface area contributed by atoms with Crippen molar-refractivity contribution >= 4 is 19.2 Å². The summed E-state index contributed by atoms with van der Waals surface area (Å²) in [7, 11) is -3.39. The van der Waals surface area contributed by atoms with Gasteiger partial charge >= 0.3 is 7.60 Å². The minimum absolute atomic E-state index is 0.0648. The van der Waals surface area contributed by atoms with E-state index in [0.717, 1.165) is 5.82 Å². The molecule has 0 aliphatic carbocycles. The molecule has 0 radical (unpaired) electrons. The van der Waals surface area contributed by atoms with Crippen LogP contribution in [0.25, 0.3) is 0 Å². The van der Waals surface area contributed by atoms with Crippen molar-refractivity contribution in [1.82, 2.24) is 0 Å². The lowest BCUT2D eigenvalue weighted by Gasteiger charge is -1.94. The van der Waals surface area contributed by atoms with E-state index in [1.807, 2.05) is 0 Å². The van der Waals surface area contributed by atoms with Crippen LogP contribution in [0, 0.1) is 0 Å². The Balaban J connectivity index is 2.82. The van der Waals surface area contributed by atoms with Crippen molar-refractivity contribution in [3.63, 3.8) is 0 Å². The predicted octanol–water partition coefficient (Wildman–Crippen LogP) is 1.28. The van der Waals surface area contributed by atoms with Crippen LogP contribution in [0.2, 0.25) is 0 Å². The highest BCUT2D eigenvalue weighted by molar-refractivity contribution is 7.56. The quantitative estimate of drug-likeness (QED) is 0.535. The molecule has 1 aliphatic rings. The van der Waals surface area contributed by atoms with E-state index >= 15 is 0 Å². The molecule has 1 heterocycles. The van der Waals surface area contributed by atoms with Crippen LogP contribution in [0.3, 0.4) is 0 Å². The monoisotopic (exact) mass is 154 g/mol. The lowest BCUT2D eigenvalue weighted by atomic mass is 10.7. The summed E-state index contributed by atoms with van der Waals surface area (Å²) in [5.41, 5.74) is 0. The van der Waals surface area contributed by atoms with Crippen molar-refractivity contribution in [1.29, 1.82) is 0 Å². The largest absolute Gasteiger partial charge is 0.353 e. The SMILES string of the molecule is O=P1(O)C=C(Cl)CO1. The highest BCUT2D eigenvalue weighted by Crippen LogP contribution is 2.50. The van der Waals surface area contributed by atoms with E-state index in [1.54, 1.807) is 0 Å². The van der Waals surface area contributed by atoms with Crippen molar-refractivity contribution in [2.45, 2.75) is 0 Å². The van der Waals surface area contributed by atoms with Crippen LogP contribution in [0.4, 0.5) is 0 Å². The zero-order valence-electron chi connectivity index (χ0n) is 3.87. The number of hydrogen-bond donors (Lipinski definition) is 1. The Hall–Kier alpha value is 0.180. The second-order valence-electron chi connectivity index (χ2n) is 1.41. The fraction of sp³-hybridized carbons (Fsp3) is 0.333. The molecule has 0 bridgehead atoms. The van der Waals surface area contributed by atoms with Gasteiger partial charge in [0.05, 0.1) is 11.6 Å². The summed E-state index contributed by atoms with van der Waals surface area (Å²) in [6.07, 6.45) is 0. The molecule has 0 aromatic rings. The highest BCUT2D eigenvalue weighted by Gasteiger charge is 2.23. The van der Waals surface area contributed by atoms with Gasteiger partial charge in [-0.1, -0.05) is 11.6 Å². The Morgan fingerprint density at radius 1 is 2.00 bits per heavy atom. The first-order valence-corrected chi connectivity index (χ1v) is 3.97. The number of rotatable bonds is 0. The third-order valence-corrected chi connectivity index (χ3v) is 2.20. The lowest BCUT2D eigenvalue weighted by Crippen LogP contribution is -1.77. The highest BCUT2D eigenvalue weighted by atomic mass is 35.5. The van der Waals surface area contributed by atoms with E-state index in [2.05, 4.69) is 4.52 Å². The molecule has 1 atom stereocenters. The minimum Gasteiger partial charge on any atom is -0.321 e. The fourth-order valence-corrected chi connectivity index (χ4v) is 1.73. The van der Waals surface area contributed by atoms with Gasteiger partial charge in [0, 0.05) is 5.82 Å². The van der Waals surface area contributed by atoms with E-state index in [9.17, 15) is 4.57 Å². The van der Waals surface area contributed by atoms with Crippen LogP contribution >= 0.6 is 19.2 Å². The van der Waals surface area contributed by atoms with Gasteiger partial charge in [-0.3, -0.25) is 9.09 Å². The molecule has 0 spiro atoms. The summed E-state index contributed by atoms with van der Waals surface area (Å²) in [6.45, 7) is 0.0648. The Morgan fingerprint density at radius 3 is 2.75 bits per heavy atom. The topological polar surface area (TPSA) is 46.5 Å². The van der Waals surface area contributed by atoms with E-state index in [1.165, 1.54) is 0 Å². The summed E-state index contributed by atoms with van der Waals surface area (Å²) < 4.78 is 14.7. The molecule has 3 nitrogen and oxygen atoms in total. The molecule has 1 rings (SSSR count). The smallest absolute Gasteiger partial charge is 0.321 e. The minimum atomic E-state index is -3.39. The Kier molecular flexibility index (Phi) is 1.46. The number of hydrogen-bond acceptors (Lipinski definition) is 2. The zero-order valence-corrected chi connectivity index (χ0v) is 5.52. The molecule has 0 aromatic heterocycles. The molecule has 8 heavy (non-hydrogen) atoms. The molecule has 0 saturated heterocycles. The van der Waals surface area contributed by atoms with Crippen molar-refractivity contribution in [3.05, 3.63) is 10.8 Å². The van der Waals surface area contributed by atoms with Gasteiger partial charge in [0.15, 0.2) is 0 Å². The van der Waals surface area contributed by atoms with Crippen LogP contribution in [0.1, 0.15) is 0 Å². The molecule has 0 amide bonds. The van der Waals surface area contributed by atoms with Gasteiger partial charge in [-0.2, -0.15) is 0 Å². The molecule has 5 heteroatoms. The molecule has 0 fully saturated rings. The first-order chi connectivity index (χ1) is 3.60. The third kappa shape index (κ3) is 1.33. The van der Waals surface area contributed by atoms with Crippen molar-refractivity contribution in [2.24, 2.45) is 0 Å². The van der Waals surface area contributed by atoms with Gasteiger partial charge in [-0.05, 0) is 0 Å². The summed E-state index contributed by atoms with van der Waals surface area (Å²) in [4.78, 5) is 8.54. The second-order valence-corrected chi connectivity index (χ2v) is 3.54. The van der Waals surface area contributed by atoms with E-state index in [-0.39, 0.29) is 6.61 Å². The van der Waals surface area contributed by atoms with Crippen LogP contribution in [-0.4, -0.2) is 11.5 Å². The Bertz CT molecular complexity index is 175. The van der Waals surface area contributed by atoms with E-state index in [4.69, 9.17) is 16.5 Å². The molecule has 0 saturated carbocycles. The van der Waals surface area contributed by atoms with Gasteiger partial charge < -0.3 is 4.89 Å². The average Bonchev–Trinajstić information content (AvgIpc) is 1.82. The Morgan fingerprint density at radius 2 is 2.62 bits per heavy atom. The van der Waals surface area contributed by atoms with E-state index in [0.29, 0.717) is 5.03 Å². The standard InChI is InChI=1S/C3H4ClO3P/c4-3-1-7-8(5,6)2-3/h2H,1H2,(H,5,6). The normalized spacial score (nSPS) is 37.5. The molecular weight excluding hydrogens is 150 g/mol.